The monoisotopic (exact) mass is 555 g/mol. The van der Waals surface area contributed by atoms with Crippen molar-refractivity contribution in [1.29, 1.82) is 0 Å². The molecule has 1 unspecified atom stereocenters. The van der Waals surface area contributed by atoms with E-state index in [2.05, 4.69) is 65.1 Å². The van der Waals surface area contributed by atoms with Crippen LogP contribution in [0.4, 0.5) is 0 Å². The normalized spacial score (nSPS) is 15.9. The molecule has 0 saturated carbocycles. The number of hydrogen-bond acceptors (Lipinski definition) is 4. The summed E-state index contributed by atoms with van der Waals surface area (Å²) in [5, 5.41) is 22.5. The summed E-state index contributed by atoms with van der Waals surface area (Å²) < 4.78 is 5.82. The number of carbonyl (C=O) groups excluding carboxylic acids is 1. The first-order valence-electron chi connectivity index (χ1n) is 15.1. The third-order valence-corrected chi connectivity index (χ3v) is 8.75. The molecule has 1 aromatic rings. The van der Waals surface area contributed by atoms with Crippen LogP contribution in [0.3, 0.4) is 0 Å². The van der Waals surface area contributed by atoms with Gasteiger partial charge in [0.25, 0.3) is 5.91 Å². The lowest BCUT2D eigenvalue weighted by Crippen LogP contribution is -2.42. The van der Waals surface area contributed by atoms with Crippen LogP contribution < -0.4 is 10.1 Å². The highest BCUT2D eigenvalue weighted by molar-refractivity contribution is 5.84. The Morgan fingerprint density at radius 1 is 1.05 bits per heavy atom. The van der Waals surface area contributed by atoms with E-state index in [9.17, 15) is 19.8 Å². The molecule has 2 rings (SSSR count). The summed E-state index contributed by atoms with van der Waals surface area (Å²) in [4.78, 5) is 23.8. The third-order valence-electron chi connectivity index (χ3n) is 8.75. The Labute approximate surface area is 242 Å². The molecule has 1 aliphatic carbocycles. The van der Waals surface area contributed by atoms with E-state index in [1.54, 1.807) is 0 Å². The van der Waals surface area contributed by atoms with Crippen molar-refractivity contribution in [3.8, 4) is 5.75 Å². The molecule has 2 atom stereocenters. The van der Waals surface area contributed by atoms with E-state index in [0.717, 1.165) is 56.9 Å². The van der Waals surface area contributed by atoms with Gasteiger partial charge in [0.2, 0.25) is 0 Å². The molecule has 6 heteroatoms. The maximum atomic E-state index is 12.4. The number of aryl methyl sites for hydroxylation is 1. The average molecular weight is 556 g/mol. The van der Waals surface area contributed by atoms with Crippen LogP contribution >= 0.6 is 0 Å². The Bertz CT molecular complexity index is 1070. The van der Waals surface area contributed by atoms with Crippen LogP contribution in [0.5, 0.6) is 5.75 Å². The van der Waals surface area contributed by atoms with E-state index in [1.807, 2.05) is 19.9 Å². The number of rotatable bonds is 15. The van der Waals surface area contributed by atoms with E-state index in [0.29, 0.717) is 12.2 Å². The van der Waals surface area contributed by atoms with Gasteiger partial charge in [0.15, 0.2) is 6.61 Å². The standard InChI is InChI=1S/C34H53NO5/c1-9-12-13-28(32(38)39)35-31(37)22-40-29-18-17-27(21-24(29)5)34(10-2,11-3)26-16-14-25(23(4)20-26)15-19-30(36)33(6,7)8/h17-18,20-21,28,30,36H,9-16,19,22H2,1-8H3,(H,35,37)(H,38,39)/t28-,30?/m0/s1. The smallest absolute Gasteiger partial charge is 0.326 e. The molecule has 0 aromatic heterocycles. The minimum Gasteiger partial charge on any atom is -0.484 e. The quantitative estimate of drug-likeness (QED) is 0.209. The molecule has 0 aliphatic heterocycles. The fourth-order valence-electron chi connectivity index (χ4n) is 5.81. The van der Waals surface area contributed by atoms with Crippen molar-refractivity contribution in [2.45, 2.75) is 131 Å². The molecule has 40 heavy (non-hydrogen) atoms. The van der Waals surface area contributed by atoms with Crippen molar-refractivity contribution in [3.63, 3.8) is 0 Å². The molecule has 1 aromatic carbocycles. The van der Waals surface area contributed by atoms with Crippen molar-refractivity contribution in [1.82, 2.24) is 5.32 Å². The molecule has 0 radical (unpaired) electrons. The predicted molar refractivity (Wildman–Crippen MR) is 163 cm³/mol. The van der Waals surface area contributed by atoms with Crippen LogP contribution in [0.2, 0.25) is 0 Å². The van der Waals surface area contributed by atoms with Gasteiger partial charge in [-0.15, -0.1) is 0 Å². The molecule has 1 amide bonds. The summed E-state index contributed by atoms with van der Waals surface area (Å²) in [6, 6.07) is 5.34. The van der Waals surface area contributed by atoms with Crippen molar-refractivity contribution in [3.05, 3.63) is 52.1 Å². The lowest BCUT2D eigenvalue weighted by Gasteiger charge is -2.38. The van der Waals surface area contributed by atoms with E-state index in [4.69, 9.17) is 4.74 Å². The molecule has 0 heterocycles. The molecule has 6 nitrogen and oxygen atoms in total. The Kier molecular flexibility index (Phi) is 12.5. The number of aliphatic hydroxyl groups excluding tert-OH is 1. The zero-order chi connectivity index (χ0) is 30.1. The number of benzene rings is 1. The second-order valence-electron chi connectivity index (χ2n) is 12.5. The molecule has 224 valence electrons. The van der Waals surface area contributed by atoms with E-state index in [1.165, 1.54) is 22.3 Å². The van der Waals surface area contributed by atoms with Crippen molar-refractivity contribution in [2.75, 3.05) is 6.61 Å². The highest BCUT2D eigenvalue weighted by atomic mass is 16.5. The number of unbranched alkanes of at least 4 members (excludes halogenated alkanes) is 1. The number of ether oxygens (including phenoxy) is 1. The van der Waals surface area contributed by atoms with Gasteiger partial charge in [0.1, 0.15) is 11.8 Å². The maximum absolute atomic E-state index is 12.4. The van der Waals surface area contributed by atoms with Gasteiger partial charge in [-0.2, -0.15) is 0 Å². The van der Waals surface area contributed by atoms with Gasteiger partial charge >= 0.3 is 5.97 Å². The summed E-state index contributed by atoms with van der Waals surface area (Å²) in [6.07, 6.45) is 9.83. The Morgan fingerprint density at radius 3 is 2.25 bits per heavy atom. The second-order valence-corrected chi connectivity index (χ2v) is 12.5. The number of carbonyl (C=O) groups is 2. The molecule has 0 saturated heterocycles. The Morgan fingerprint density at radius 2 is 1.73 bits per heavy atom. The molecule has 1 aliphatic rings. The highest BCUT2D eigenvalue weighted by Crippen LogP contribution is 2.45. The first kappa shape index (κ1) is 33.6. The van der Waals surface area contributed by atoms with Crippen LogP contribution in [-0.4, -0.2) is 40.8 Å². The zero-order valence-electron chi connectivity index (χ0n) is 26.2. The predicted octanol–water partition coefficient (Wildman–Crippen LogP) is 7.42. The summed E-state index contributed by atoms with van der Waals surface area (Å²) in [7, 11) is 0. The Balaban J connectivity index is 2.18. The number of hydrogen-bond donors (Lipinski definition) is 3. The molecule has 0 bridgehead atoms. The molecular formula is C34H53NO5. The van der Waals surface area contributed by atoms with Gasteiger partial charge in [-0.25, -0.2) is 4.79 Å². The lowest BCUT2D eigenvalue weighted by molar-refractivity contribution is -0.142. The van der Waals surface area contributed by atoms with Gasteiger partial charge in [0.05, 0.1) is 6.10 Å². The number of aliphatic carboxylic acids is 1. The van der Waals surface area contributed by atoms with E-state index < -0.39 is 17.9 Å². The van der Waals surface area contributed by atoms with Crippen molar-refractivity contribution < 1.29 is 24.5 Å². The van der Waals surface area contributed by atoms with Crippen LogP contribution in [0, 0.1) is 12.3 Å². The topological polar surface area (TPSA) is 95.9 Å². The average Bonchev–Trinajstić information content (AvgIpc) is 2.90. The van der Waals surface area contributed by atoms with Gasteiger partial charge in [-0.3, -0.25) is 4.79 Å². The van der Waals surface area contributed by atoms with Crippen LogP contribution in [-0.2, 0) is 15.0 Å². The number of carboxylic acids is 1. The zero-order valence-corrected chi connectivity index (χ0v) is 26.2. The summed E-state index contributed by atoms with van der Waals surface area (Å²) >= 11 is 0. The van der Waals surface area contributed by atoms with E-state index in [-0.39, 0.29) is 23.5 Å². The number of aliphatic hydroxyl groups is 1. The SMILES string of the molecule is CCCC[C@H](NC(=O)COc1ccc(C(CC)(CC)C2=CC(C)=C(CCC(O)C(C)(C)C)CC2)cc1C)C(=O)O. The fraction of sp³-hybridized carbons (Fsp3) is 0.647. The first-order valence-corrected chi connectivity index (χ1v) is 15.1. The second kappa shape index (κ2) is 14.9. The highest BCUT2D eigenvalue weighted by Gasteiger charge is 2.34. The third kappa shape index (κ3) is 8.70. The maximum Gasteiger partial charge on any atom is 0.326 e. The van der Waals surface area contributed by atoms with Gasteiger partial charge in [0, 0.05) is 5.41 Å². The number of amides is 1. The van der Waals surface area contributed by atoms with Crippen LogP contribution in [0.15, 0.2) is 41.0 Å². The van der Waals surface area contributed by atoms with E-state index >= 15 is 0 Å². The molecule has 0 fully saturated rings. The number of allylic oxidation sites excluding steroid dienone is 4. The van der Waals surface area contributed by atoms with Crippen LogP contribution in [0.1, 0.15) is 117 Å². The number of nitrogens with one attached hydrogen (secondary N) is 1. The number of carboxylic acid groups (broad SMARTS) is 1. The van der Waals surface area contributed by atoms with Crippen molar-refractivity contribution in [2.24, 2.45) is 5.41 Å². The summed E-state index contributed by atoms with van der Waals surface area (Å²) in [5.74, 6) is -0.813. The van der Waals surface area contributed by atoms with Gasteiger partial charge in [-0.05, 0) is 81.4 Å². The minimum atomic E-state index is -1.02. The summed E-state index contributed by atoms with van der Waals surface area (Å²) in [5.41, 5.74) is 6.26. The molecule has 0 spiro atoms. The van der Waals surface area contributed by atoms with Gasteiger partial charge in [-0.1, -0.05) is 89.3 Å². The van der Waals surface area contributed by atoms with Gasteiger partial charge < -0.3 is 20.3 Å². The summed E-state index contributed by atoms with van der Waals surface area (Å²) in [6.45, 7) is 16.7. The fourth-order valence-corrected chi connectivity index (χ4v) is 5.81. The first-order chi connectivity index (χ1) is 18.8. The molecular weight excluding hydrogens is 502 g/mol. The molecule has 3 N–H and O–H groups in total. The lowest BCUT2D eigenvalue weighted by atomic mass is 9.66. The minimum absolute atomic E-state index is 0.0770. The Hall–Kier alpha value is -2.60. The van der Waals surface area contributed by atoms with Crippen molar-refractivity contribution >= 4 is 11.9 Å². The largest absolute Gasteiger partial charge is 0.484 e. The van der Waals surface area contributed by atoms with Crippen LogP contribution in [0.25, 0.3) is 0 Å².